The first-order chi connectivity index (χ1) is 12.7. The molecule has 0 aliphatic carbocycles. The summed E-state index contributed by atoms with van der Waals surface area (Å²) in [5.41, 5.74) is 1.16. The normalized spacial score (nSPS) is 17.2. The number of hydrogen-bond acceptors (Lipinski definition) is 5. The Hall–Kier alpha value is -0.450. The van der Waals surface area contributed by atoms with Crippen molar-refractivity contribution in [1.29, 1.82) is 0 Å². The van der Waals surface area contributed by atoms with Gasteiger partial charge >= 0.3 is 0 Å². The van der Waals surface area contributed by atoms with Crippen LogP contribution in [0.1, 0.15) is 56.7 Å². The minimum atomic E-state index is 0. The molecule has 1 aliphatic heterocycles. The van der Waals surface area contributed by atoms with Crippen LogP contribution in [-0.2, 0) is 15.9 Å². The molecule has 0 amide bonds. The number of hydrogen-bond donors (Lipinski definition) is 2. The fourth-order valence-corrected chi connectivity index (χ4v) is 3.57. The van der Waals surface area contributed by atoms with Gasteiger partial charge in [-0.1, -0.05) is 13.8 Å². The molecule has 1 aromatic rings. The van der Waals surface area contributed by atoms with Gasteiger partial charge in [0, 0.05) is 50.6 Å². The van der Waals surface area contributed by atoms with E-state index in [1.165, 1.54) is 5.01 Å². The van der Waals surface area contributed by atoms with Crippen LogP contribution in [0.25, 0.3) is 0 Å². The number of guanidine groups is 1. The molecule has 0 aromatic carbocycles. The van der Waals surface area contributed by atoms with Crippen LogP contribution in [0.4, 0.5) is 0 Å². The molecule has 2 N–H and O–H groups in total. The maximum absolute atomic E-state index is 5.68. The van der Waals surface area contributed by atoms with Crippen molar-refractivity contribution in [2.45, 2.75) is 58.5 Å². The predicted molar refractivity (Wildman–Crippen MR) is 124 cm³/mol. The minimum Gasteiger partial charge on any atom is -0.379 e. The van der Waals surface area contributed by atoms with E-state index < -0.39 is 0 Å². The lowest BCUT2D eigenvalue weighted by Gasteiger charge is -2.11. The van der Waals surface area contributed by atoms with Crippen LogP contribution >= 0.6 is 35.3 Å². The summed E-state index contributed by atoms with van der Waals surface area (Å²) < 4.78 is 11.2. The van der Waals surface area contributed by atoms with Gasteiger partial charge in [-0.05, 0) is 26.2 Å². The maximum atomic E-state index is 5.68. The third-order valence-electron chi connectivity index (χ3n) is 4.13. The van der Waals surface area contributed by atoms with Gasteiger partial charge in [-0.15, -0.1) is 35.3 Å². The van der Waals surface area contributed by atoms with Crippen LogP contribution < -0.4 is 10.6 Å². The van der Waals surface area contributed by atoms with E-state index in [-0.39, 0.29) is 24.0 Å². The zero-order chi connectivity index (χ0) is 18.6. The highest BCUT2D eigenvalue weighted by Crippen LogP contribution is 2.19. The summed E-state index contributed by atoms with van der Waals surface area (Å²) >= 11 is 1.75. The number of aliphatic imine (C=N–C) groups is 1. The first kappa shape index (κ1) is 24.6. The smallest absolute Gasteiger partial charge is 0.191 e. The van der Waals surface area contributed by atoms with Gasteiger partial charge in [-0.25, -0.2) is 4.98 Å². The molecular formula is C19H35IN4O2S. The van der Waals surface area contributed by atoms with Gasteiger partial charge in [-0.2, -0.15) is 0 Å². The van der Waals surface area contributed by atoms with E-state index in [1.807, 2.05) is 0 Å². The lowest BCUT2D eigenvalue weighted by Crippen LogP contribution is -2.38. The highest BCUT2D eigenvalue weighted by atomic mass is 127. The van der Waals surface area contributed by atoms with Gasteiger partial charge < -0.3 is 20.1 Å². The standard InChI is InChI=1S/C19H34N4O2S.HI/c1-4-20-19(21-9-6-11-24-13-17-7-5-12-25-17)22-10-8-16-14-26-18(23-16)15(2)3;/h14-15,17H,4-13H2,1-3H3,(H2,20,21,22);1H. The van der Waals surface area contributed by atoms with Crippen LogP contribution in [0, 0.1) is 0 Å². The largest absolute Gasteiger partial charge is 0.379 e. The highest BCUT2D eigenvalue weighted by molar-refractivity contribution is 14.0. The van der Waals surface area contributed by atoms with E-state index >= 15 is 0 Å². The molecule has 156 valence electrons. The Balaban J connectivity index is 0.00000364. The molecular weight excluding hydrogens is 475 g/mol. The molecule has 2 heterocycles. The molecule has 0 saturated carbocycles. The van der Waals surface area contributed by atoms with Crippen LogP contribution in [0.3, 0.4) is 0 Å². The monoisotopic (exact) mass is 510 g/mol. The van der Waals surface area contributed by atoms with Crippen molar-refractivity contribution in [3.8, 4) is 0 Å². The molecule has 1 aromatic heterocycles. The Morgan fingerprint density at radius 3 is 2.96 bits per heavy atom. The fourth-order valence-electron chi connectivity index (χ4n) is 2.70. The Bertz CT molecular complexity index is 534. The molecule has 0 radical (unpaired) electrons. The van der Waals surface area contributed by atoms with E-state index in [0.29, 0.717) is 18.6 Å². The Morgan fingerprint density at radius 2 is 2.30 bits per heavy atom. The number of nitrogens with one attached hydrogen (secondary N) is 2. The SMILES string of the molecule is CCNC(=NCCCOCC1CCCO1)NCCc1csc(C(C)C)n1.I. The summed E-state index contributed by atoms with van der Waals surface area (Å²) in [6.07, 6.45) is 4.44. The van der Waals surface area contributed by atoms with E-state index in [2.05, 4.69) is 46.8 Å². The van der Waals surface area contributed by atoms with Crippen LogP contribution in [0.2, 0.25) is 0 Å². The second kappa shape index (κ2) is 14.5. The van der Waals surface area contributed by atoms with E-state index in [4.69, 9.17) is 9.47 Å². The quantitative estimate of drug-likeness (QED) is 0.206. The minimum absolute atomic E-state index is 0. The van der Waals surface area contributed by atoms with E-state index in [9.17, 15) is 0 Å². The lowest BCUT2D eigenvalue weighted by molar-refractivity contribution is 0.0171. The Kier molecular flexibility index (Phi) is 13.2. The number of ether oxygens (including phenoxy) is 2. The summed E-state index contributed by atoms with van der Waals surface area (Å²) in [6.45, 7) is 11.2. The van der Waals surface area contributed by atoms with Gasteiger partial charge in [-0.3, -0.25) is 4.99 Å². The average molecular weight is 510 g/mol. The van der Waals surface area contributed by atoms with Crippen molar-refractivity contribution < 1.29 is 9.47 Å². The average Bonchev–Trinajstić information content (AvgIpc) is 3.29. The number of aromatic nitrogens is 1. The molecule has 8 heteroatoms. The van der Waals surface area contributed by atoms with Crippen molar-refractivity contribution in [3.63, 3.8) is 0 Å². The third-order valence-corrected chi connectivity index (χ3v) is 5.32. The first-order valence-corrected chi connectivity index (χ1v) is 10.7. The molecule has 1 atom stereocenters. The van der Waals surface area contributed by atoms with E-state index in [1.54, 1.807) is 11.3 Å². The molecule has 0 bridgehead atoms. The Morgan fingerprint density at radius 1 is 1.44 bits per heavy atom. The Labute approximate surface area is 184 Å². The van der Waals surface area contributed by atoms with Crippen molar-refractivity contribution in [2.75, 3.05) is 39.5 Å². The van der Waals surface area contributed by atoms with Gasteiger partial charge in [0.25, 0.3) is 0 Å². The maximum Gasteiger partial charge on any atom is 0.191 e. The zero-order valence-electron chi connectivity index (χ0n) is 16.8. The van der Waals surface area contributed by atoms with Crippen molar-refractivity contribution >= 4 is 41.3 Å². The number of thiazole rings is 1. The molecule has 2 rings (SSSR count). The van der Waals surface area contributed by atoms with Gasteiger partial charge in [0.2, 0.25) is 0 Å². The third kappa shape index (κ3) is 10.0. The van der Waals surface area contributed by atoms with Crippen LogP contribution in [0.15, 0.2) is 10.4 Å². The number of halogens is 1. The lowest BCUT2D eigenvalue weighted by atomic mass is 10.2. The predicted octanol–water partition coefficient (Wildman–Crippen LogP) is 3.57. The summed E-state index contributed by atoms with van der Waals surface area (Å²) in [4.78, 5) is 9.29. The zero-order valence-corrected chi connectivity index (χ0v) is 20.0. The van der Waals surface area contributed by atoms with Crippen LogP contribution in [-0.4, -0.2) is 56.5 Å². The summed E-state index contributed by atoms with van der Waals surface area (Å²) in [7, 11) is 0. The van der Waals surface area contributed by atoms with E-state index in [0.717, 1.165) is 70.2 Å². The second-order valence-electron chi connectivity index (χ2n) is 6.83. The first-order valence-electron chi connectivity index (χ1n) is 9.84. The molecule has 1 saturated heterocycles. The van der Waals surface area contributed by atoms with Crippen molar-refractivity contribution in [2.24, 2.45) is 4.99 Å². The summed E-state index contributed by atoms with van der Waals surface area (Å²) in [5.74, 6) is 1.37. The fraction of sp³-hybridized carbons (Fsp3) is 0.789. The molecule has 27 heavy (non-hydrogen) atoms. The second-order valence-corrected chi connectivity index (χ2v) is 7.72. The molecule has 1 fully saturated rings. The molecule has 1 unspecified atom stereocenters. The van der Waals surface area contributed by atoms with Crippen molar-refractivity contribution in [3.05, 3.63) is 16.1 Å². The topological polar surface area (TPSA) is 67.8 Å². The molecule has 1 aliphatic rings. The molecule has 6 nitrogen and oxygen atoms in total. The highest BCUT2D eigenvalue weighted by Gasteiger charge is 2.14. The van der Waals surface area contributed by atoms with Crippen LogP contribution in [0.5, 0.6) is 0 Å². The molecule has 0 spiro atoms. The van der Waals surface area contributed by atoms with Crippen molar-refractivity contribution in [1.82, 2.24) is 15.6 Å². The summed E-state index contributed by atoms with van der Waals surface area (Å²) in [6, 6.07) is 0. The van der Waals surface area contributed by atoms with Gasteiger partial charge in [0.05, 0.1) is 23.4 Å². The van der Waals surface area contributed by atoms with Gasteiger partial charge in [0.15, 0.2) is 5.96 Å². The summed E-state index contributed by atoms with van der Waals surface area (Å²) in [5, 5.41) is 10.0. The number of rotatable bonds is 11. The van der Waals surface area contributed by atoms with Gasteiger partial charge in [0.1, 0.15) is 0 Å². The number of nitrogens with zero attached hydrogens (tertiary/aromatic N) is 2.